The number of hydrogen-bond acceptors (Lipinski definition) is 4. The van der Waals surface area contributed by atoms with Gasteiger partial charge in [-0.15, -0.1) is 11.3 Å². The summed E-state index contributed by atoms with van der Waals surface area (Å²) in [6.07, 6.45) is 36.7. The van der Waals surface area contributed by atoms with Crippen LogP contribution in [-0.2, 0) is 12.8 Å². The average Bonchev–Trinajstić information content (AvgIpc) is 3.72. The van der Waals surface area contributed by atoms with Crippen LogP contribution < -0.4 is 0 Å². The van der Waals surface area contributed by atoms with Gasteiger partial charge in [0.25, 0.3) is 0 Å². The predicted octanol–water partition coefficient (Wildman–Crippen LogP) is 17.5. The Bertz CT molecular complexity index is 857. The maximum absolute atomic E-state index is 4.34. The van der Waals surface area contributed by atoms with E-state index in [0.29, 0.717) is 0 Å². The fourth-order valence-corrected chi connectivity index (χ4v) is 8.32. The number of thiophene rings is 2. The first-order chi connectivity index (χ1) is 22.6. The van der Waals surface area contributed by atoms with Crippen LogP contribution in [0.15, 0.2) is 36.4 Å². The summed E-state index contributed by atoms with van der Waals surface area (Å²) < 4.78 is 4.05. The van der Waals surface area contributed by atoms with Crippen molar-refractivity contribution in [2.24, 2.45) is 16.1 Å². The second-order valence-electron chi connectivity index (χ2n) is 13.4. The molecule has 6 heteroatoms. The van der Waals surface area contributed by atoms with Crippen molar-refractivity contribution in [3.05, 3.63) is 43.2 Å². The van der Waals surface area contributed by atoms with Gasteiger partial charge < -0.3 is 0 Å². The molecule has 0 N–H and O–H groups in total. The third-order valence-corrected chi connectivity index (χ3v) is 11.7. The normalized spacial score (nSPS) is 11.6. The van der Waals surface area contributed by atoms with Crippen LogP contribution in [0.5, 0.6) is 0 Å². The molecule has 2 aromatic heterocycles. The van der Waals surface area contributed by atoms with Gasteiger partial charge in [0, 0.05) is 0 Å². The fraction of sp³-hybridized carbons (Fsp3) is 0.810. The van der Waals surface area contributed by atoms with Gasteiger partial charge in [0.05, 0.1) is 3.79 Å². The molecule has 281 valence electrons. The molecule has 0 saturated heterocycles. The van der Waals surface area contributed by atoms with Crippen LogP contribution in [0.25, 0.3) is 0 Å². The third kappa shape index (κ3) is 33.3. The van der Waals surface area contributed by atoms with E-state index in [1.165, 1.54) is 176 Å². The molecule has 2 aromatic rings. The maximum atomic E-state index is 4.34. The Morgan fingerprint density at radius 3 is 1.33 bits per heavy atom. The zero-order valence-electron chi connectivity index (χ0n) is 30.6. The van der Waals surface area contributed by atoms with Crippen LogP contribution in [0, 0.1) is 11.8 Å². The molecular formula is C42H80BBrNS3. The first kappa shape index (κ1) is 52.5. The molecule has 48 heavy (non-hydrogen) atoms. The molecule has 1 nitrogen and oxygen atoms in total. The van der Waals surface area contributed by atoms with Gasteiger partial charge in [-0.25, -0.2) is 0 Å². The van der Waals surface area contributed by atoms with Crippen LogP contribution >= 0.6 is 51.4 Å². The first-order valence-corrected chi connectivity index (χ1v) is 22.3. The Kier molecular flexibility index (Phi) is 45.4. The van der Waals surface area contributed by atoms with E-state index in [1.807, 2.05) is 22.7 Å². The van der Waals surface area contributed by atoms with E-state index in [4.69, 9.17) is 0 Å². The second kappa shape index (κ2) is 41.5. The molecule has 0 aliphatic rings. The van der Waals surface area contributed by atoms with Gasteiger partial charge in [0.15, 0.2) is 0 Å². The molecule has 2 rings (SSSR count). The van der Waals surface area contributed by atoms with E-state index in [2.05, 4.69) is 96.7 Å². The molecule has 0 saturated carbocycles. The zero-order chi connectivity index (χ0) is 33.9. The first-order valence-electron chi connectivity index (χ1n) is 19.3. The molecule has 0 fully saturated rings. The van der Waals surface area contributed by atoms with Crippen LogP contribution in [0.4, 0.5) is 0 Å². The Morgan fingerprint density at radius 2 is 0.979 bits per heavy atom. The Morgan fingerprint density at radius 1 is 0.604 bits per heavy atom. The number of nitrogens with zero attached hydrogens (tertiary/aromatic N) is 1. The standard InChI is InChI=1S/C20H35BrS.C20H36S.2CH4.BHNS/c1-3-5-7-9-10-12-14-18(13-11-8-6-4-2)17-19-15-16-22-20(19)21;1-3-5-7-9-10-12-14-19(13-11-8-6-4-2)17-20-15-16-21-18-20;;;1-2-3/h15-16,18H,3-14,17H2,1-2H3;15-16,18-19H,3-14,17H2,1-2H3;2*1H4;3H. The van der Waals surface area contributed by atoms with Crippen LogP contribution in [0.3, 0.4) is 0 Å². The summed E-state index contributed by atoms with van der Waals surface area (Å²) in [6, 6.07) is 4.64. The summed E-state index contributed by atoms with van der Waals surface area (Å²) >= 11 is 10.6. The third-order valence-electron chi connectivity index (χ3n) is 9.17. The van der Waals surface area contributed by atoms with Crippen molar-refractivity contribution >= 4 is 59.1 Å². The fourth-order valence-electron chi connectivity index (χ4n) is 6.36. The van der Waals surface area contributed by atoms with E-state index >= 15 is 0 Å². The molecule has 2 unspecified atom stereocenters. The zero-order valence-corrected chi connectivity index (χ0v) is 34.7. The van der Waals surface area contributed by atoms with Crippen molar-refractivity contribution in [3.63, 3.8) is 0 Å². The summed E-state index contributed by atoms with van der Waals surface area (Å²) in [5.74, 6) is 1.83. The minimum atomic E-state index is 0. The van der Waals surface area contributed by atoms with Crippen molar-refractivity contribution in [2.45, 2.75) is 209 Å². The molecule has 0 aliphatic heterocycles. The topological polar surface area (TPSA) is 12.4 Å². The van der Waals surface area contributed by atoms with Gasteiger partial charge in [0.1, 0.15) is 0 Å². The summed E-state index contributed by atoms with van der Waals surface area (Å²) in [4.78, 5) is 0. The Balaban J connectivity index is -0.000000751. The summed E-state index contributed by atoms with van der Waals surface area (Å²) in [6.45, 7) is 9.20. The van der Waals surface area contributed by atoms with Crippen molar-refractivity contribution in [1.29, 1.82) is 0 Å². The second-order valence-corrected chi connectivity index (χ2v) is 16.7. The van der Waals surface area contributed by atoms with E-state index in [-0.39, 0.29) is 14.9 Å². The molecule has 2 heterocycles. The predicted molar refractivity (Wildman–Crippen MR) is 235 cm³/mol. The monoisotopic (exact) mass is 784 g/mol. The van der Waals surface area contributed by atoms with Gasteiger partial charge in [-0.1, -0.05) is 197 Å². The SMILES string of the molecule is C.C.CCCCCCCCC(CCCCCC)Cc1ccsc1.CCCCCCCCC(CCCCCC)Cc1ccsc1Br.[B]=NS. The van der Waals surface area contributed by atoms with Gasteiger partial charge in [-0.05, 0) is 80.0 Å². The molecule has 0 amide bonds. The number of thiol groups is 1. The summed E-state index contributed by atoms with van der Waals surface area (Å²) in [5.41, 5.74) is 3.11. The van der Waals surface area contributed by atoms with Gasteiger partial charge in [-0.2, -0.15) is 11.3 Å². The van der Waals surface area contributed by atoms with Gasteiger partial charge >= 0.3 is 24.8 Å². The van der Waals surface area contributed by atoms with Crippen molar-refractivity contribution < 1.29 is 0 Å². The molecule has 0 bridgehead atoms. The van der Waals surface area contributed by atoms with E-state index in [9.17, 15) is 0 Å². The molecule has 0 aromatic carbocycles. The van der Waals surface area contributed by atoms with Crippen LogP contribution in [-0.4, -0.2) is 7.64 Å². The van der Waals surface area contributed by atoms with E-state index in [1.54, 1.807) is 5.56 Å². The Labute approximate surface area is 325 Å². The average molecular weight is 786 g/mol. The van der Waals surface area contributed by atoms with Crippen molar-refractivity contribution in [2.75, 3.05) is 0 Å². The summed E-state index contributed by atoms with van der Waals surface area (Å²) in [5, 5.41) is 6.80. The molecular weight excluding hydrogens is 705 g/mol. The quantitative estimate of drug-likeness (QED) is 0.0501. The van der Waals surface area contributed by atoms with E-state index < -0.39 is 0 Å². The minimum absolute atomic E-state index is 0. The molecule has 1 radical (unpaired) electrons. The molecule has 2 atom stereocenters. The van der Waals surface area contributed by atoms with Crippen LogP contribution in [0.2, 0.25) is 0 Å². The number of rotatable bonds is 28. The van der Waals surface area contributed by atoms with Gasteiger partial charge in [-0.3, -0.25) is 0 Å². The van der Waals surface area contributed by atoms with E-state index in [0.717, 1.165) is 11.8 Å². The van der Waals surface area contributed by atoms with Gasteiger partial charge in [0.2, 0.25) is 0 Å². The number of unbranched alkanes of at least 4 members (excludes halogenated alkanes) is 16. The number of halogens is 1. The summed E-state index contributed by atoms with van der Waals surface area (Å²) in [7, 11) is 4.34. The van der Waals surface area contributed by atoms with Crippen LogP contribution in [0.1, 0.15) is 208 Å². The molecule has 0 aliphatic carbocycles. The van der Waals surface area contributed by atoms with Crippen molar-refractivity contribution in [3.8, 4) is 0 Å². The number of hydrogen-bond donors (Lipinski definition) is 1. The Hall–Kier alpha value is 0.0949. The molecule has 0 spiro atoms. The van der Waals surface area contributed by atoms with Crippen molar-refractivity contribution in [1.82, 2.24) is 0 Å².